The van der Waals surface area contributed by atoms with E-state index < -0.39 is 46.6 Å². The number of rotatable bonds is 9. The highest BCUT2D eigenvalue weighted by Gasteiger charge is 2.30. The molecule has 0 aliphatic carbocycles. The summed E-state index contributed by atoms with van der Waals surface area (Å²) in [6.45, 7) is -1.63. The van der Waals surface area contributed by atoms with Crippen molar-refractivity contribution in [3.05, 3.63) is 78.0 Å². The minimum absolute atomic E-state index is 0.113. The molecule has 0 unspecified atom stereocenters. The Morgan fingerprint density at radius 3 is 2.29 bits per heavy atom. The number of sulfonamides is 1. The van der Waals surface area contributed by atoms with E-state index in [2.05, 4.69) is 15.3 Å². The average molecular weight is 512 g/mol. The highest BCUT2D eigenvalue weighted by Crippen LogP contribution is 2.30. The second-order valence-electron chi connectivity index (χ2n) is 7.26. The molecular weight excluding hydrogens is 492 g/mol. The number of alkyl halides is 3. The van der Waals surface area contributed by atoms with Gasteiger partial charge >= 0.3 is 6.18 Å². The molecular formula is C22H20F4N4O4S. The fourth-order valence-corrected chi connectivity index (χ4v) is 4.43. The van der Waals surface area contributed by atoms with E-state index in [0.717, 1.165) is 40.7 Å². The predicted octanol–water partition coefficient (Wildman–Crippen LogP) is 2.60. The van der Waals surface area contributed by atoms with Crippen molar-refractivity contribution in [2.75, 3.05) is 19.7 Å². The molecule has 0 aliphatic heterocycles. The van der Waals surface area contributed by atoms with Crippen LogP contribution < -0.4 is 5.32 Å². The van der Waals surface area contributed by atoms with Crippen molar-refractivity contribution in [1.29, 1.82) is 0 Å². The first-order valence-corrected chi connectivity index (χ1v) is 11.6. The number of hydrogen-bond acceptors (Lipinski definition) is 6. The lowest BCUT2D eigenvalue weighted by Gasteiger charge is -2.20. The van der Waals surface area contributed by atoms with E-state index in [9.17, 15) is 35.9 Å². The summed E-state index contributed by atoms with van der Waals surface area (Å²) in [6, 6.07) is 9.89. The van der Waals surface area contributed by atoms with Gasteiger partial charge in [-0.1, -0.05) is 12.1 Å². The van der Waals surface area contributed by atoms with Crippen LogP contribution >= 0.6 is 0 Å². The standard InChI is InChI=1S/C22H20F4N4O4S/c23-17-5-7-19(8-6-17)35(33,34)30(9-10-31)13-21(32)27-12-18-11-20(29-14-28-18)15-1-3-16(4-2-15)22(24,25)26/h1-8,11,14,31H,9-10,12-13H2,(H,27,32). The van der Waals surface area contributed by atoms with Gasteiger partial charge in [-0.3, -0.25) is 4.79 Å². The normalized spacial score (nSPS) is 12.1. The van der Waals surface area contributed by atoms with Crippen LogP contribution in [-0.2, 0) is 27.5 Å². The molecule has 35 heavy (non-hydrogen) atoms. The molecule has 0 saturated carbocycles. The van der Waals surface area contributed by atoms with Gasteiger partial charge in [-0.15, -0.1) is 0 Å². The number of carbonyl (C=O) groups is 1. The zero-order valence-electron chi connectivity index (χ0n) is 18.0. The van der Waals surface area contributed by atoms with Crippen molar-refractivity contribution in [1.82, 2.24) is 19.6 Å². The van der Waals surface area contributed by atoms with Crippen LogP contribution in [0.5, 0.6) is 0 Å². The van der Waals surface area contributed by atoms with Gasteiger partial charge in [-0.05, 0) is 42.5 Å². The topological polar surface area (TPSA) is 112 Å². The van der Waals surface area contributed by atoms with Gasteiger partial charge in [0.1, 0.15) is 12.1 Å². The minimum Gasteiger partial charge on any atom is -0.395 e. The molecule has 8 nitrogen and oxygen atoms in total. The summed E-state index contributed by atoms with van der Waals surface area (Å²) in [5.74, 6) is -1.32. The fraction of sp³-hybridized carbons (Fsp3) is 0.227. The van der Waals surface area contributed by atoms with E-state index in [0.29, 0.717) is 17.0 Å². The van der Waals surface area contributed by atoms with Gasteiger partial charge in [-0.25, -0.2) is 22.8 Å². The summed E-state index contributed by atoms with van der Waals surface area (Å²) in [5.41, 5.74) is 0.274. The molecule has 1 aromatic heterocycles. The van der Waals surface area contributed by atoms with Crippen LogP contribution in [0.1, 0.15) is 11.3 Å². The molecule has 186 valence electrons. The molecule has 1 heterocycles. The Balaban J connectivity index is 1.67. The summed E-state index contributed by atoms with van der Waals surface area (Å²) in [5, 5.41) is 11.7. The van der Waals surface area contributed by atoms with E-state index in [1.807, 2.05) is 0 Å². The van der Waals surface area contributed by atoms with Gasteiger partial charge in [0.25, 0.3) is 0 Å². The molecule has 2 aromatic carbocycles. The van der Waals surface area contributed by atoms with Crippen LogP contribution in [0.3, 0.4) is 0 Å². The lowest BCUT2D eigenvalue weighted by molar-refractivity contribution is -0.137. The van der Waals surface area contributed by atoms with Crippen LogP contribution in [0, 0.1) is 5.82 Å². The second kappa shape index (κ2) is 10.9. The first-order valence-electron chi connectivity index (χ1n) is 10.1. The predicted molar refractivity (Wildman–Crippen MR) is 117 cm³/mol. The van der Waals surface area contributed by atoms with E-state index >= 15 is 0 Å². The Morgan fingerprint density at radius 1 is 1.03 bits per heavy atom. The number of aromatic nitrogens is 2. The maximum atomic E-state index is 13.1. The third kappa shape index (κ3) is 6.81. The molecule has 2 N–H and O–H groups in total. The summed E-state index contributed by atoms with van der Waals surface area (Å²) < 4.78 is 77.6. The number of aliphatic hydroxyl groups is 1. The van der Waals surface area contributed by atoms with Crippen molar-refractivity contribution in [3.8, 4) is 11.3 Å². The summed E-state index contributed by atoms with van der Waals surface area (Å²) >= 11 is 0. The highest BCUT2D eigenvalue weighted by atomic mass is 32.2. The molecule has 0 aliphatic rings. The zero-order chi connectivity index (χ0) is 25.6. The van der Waals surface area contributed by atoms with Crippen molar-refractivity contribution in [2.45, 2.75) is 17.6 Å². The zero-order valence-corrected chi connectivity index (χ0v) is 18.9. The third-order valence-corrected chi connectivity index (χ3v) is 6.68. The van der Waals surface area contributed by atoms with Gasteiger partial charge in [-0.2, -0.15) is 17.5 Å². The van der Waals surface area contributed by atoms with Crippen LogP contribution in [0.15, 0.2) is 65.8 Å². The third-order valence-electron chi connectivity index (χ3n) is 4.82. The number of nitrogens with one attached hydrogen (secondary N) is 1. The van der Waals surface area contributed by atoms with Crippen molar-refractivity contribution in [2.24, 2.45) is 0 Å². The van der Waals surface area contributed by atoms with Gasteiger partial charge in [0.2, 0.25) is 15.9 Å². The number of benzene rings is 2. The van der Waals surface area contributed by atoms with Crippen LogP contribution in [0.25, 0.3) is 11.3 Å². The Hall–Kier alpha value is -3.42. The molecule has 0 fully saturated rings. The van der Waals surface area contributed by atoms with E-state index in [1.165, 1.54) is 24.5 Å². The average Bonchev–Trinajstić information content (AvgIpc) is 2.82. The van der Waals surface area contributed by atoms with Gasteiger partial charge in [0, 0.05) is 12.1 Å². The fourth-order valence-electron chi connectivity index (χ4n) is 3.04. The Kier molecular flexibility index (Phi) is 8.14. The van der Waals surface area contributed by atoms with E-state index in [4.69, 9.17) is 0 Å². The number of amides is 1. The molecule has 3 rings (SSSR count). The van der Waals surface area contributed by atoms with Crippen molar-refractivity contribution in [3.63, 3.8) is 0 Å². The first kappa shape index (κ1) is 26.2. The van der Waals surface area contributed by atoms with E-state index in [-0.39, 0.29) is 18.0 Å². The van der Waals surface area contributed by atoms with Crippen molar-refractivity contribution >= 4 is 15.9 Å². The quantitative estimate of drug-likeness (QED) is 0.427. The maximum absolute atomic E-state index is 13.1. The largest absolute Gasteiger partial charge is 0.416 e. The highest BCUT2D eigenvalue weighted by molar-refractivity contribution is 7.89. The molecule has 0 radical (unpaired) electrons. The Labute approximate surface area is 198 Å². The van der Waals surface area contributed by atoms with Gasteiger partial charge in [0.05, 0.1) is 41.5 Å². The number of hydrogen-bond donors (Lipinski definition) is 2. The molecule has 0 spiro atoms. The molecule has 13 heteroatoms. The second-order valence-corrected chi connectivity index (χ2v) is 9.20. The maximum Gasteiger partial charge on any atom is 0.416 e. The lowest BCUT2D eigenvalue weighted by atomic mass is 10.1. The Morgan fingerprint density at radius 2 is 1.69 bits per heavy atom. The molecule has 0 saturated heterocycles. The van der Waals surface area contributed by atoms with Crippen LogP contribution in [0.2, 0.25) is 0 Å². The summed E-state index contributed by atoms with van der Waals surface area (Å²) in [6.07, 6.45) is -3.28. The molecule has 1 amide bonds. The van der Waals surface area contributed by atoms with Crippen LogP contribution in [-0.4, -0.2) is 53.4 Å². The minimum atomic E-state index is -4.46. The smallest absolute Gasteiger partial charge is 0.395 e. The molecule has 0 bridgehead atoms. The molecule has 0 atom stereocenters. The van der Waals surface area contributed by atoms with E-state index in [1.54, 1.807) is 0 Å². The first-order chi connectivity index (χ1) is 16.5. The number of nitrogens with zero attached hydrogens (tertiary/aromatic N) is 3. The van der Waals surface area contributed by atoms with Gasteiger partial charge < -0.3 is 10.4 Å². The summed E-state index contributed by atoms with van der Waals surface area (Å²) in [7, 11) is -4.17. The summed E-state index contributed by atoms with van der Waals surface area (Å²) in [4.78, 5) is 20.2. The number of aliphatic hydroxyl groups excluding tert-OH is 1. The number of carbonyl (C=O) groups excluding carboxylic acids is 1. The number of halogens is 4. The SMILES string of the molecule is O=C(CN(CCO)S(=O)(=O)c1ccc(F)cc1)NCc1cc(-c2ccc(C(F)(F)F)cc2)ncn1. The monoisotopic (exact) mass is 512 g/mol. The molecule has 3 aromatic rings. The van der Waals surface area contributed by atoms with Gasteiger partial charge in [0.15, 0.2) is 0 Å². The Bertz CT molecular complexity index is 1270. The lowest BCUT2D eigenvalue weighted by Crippen LogP contribution is -2.42. The van der Waals surface area contributed by atoms with Crippen molar-refractivity contribution < 1.29 is 35.9 Å². The van der Waals surface area contributed by atoms with Crippen LogP contribution in [0.4, 0.5) is 17.6 Å².